The summed E-state index contributed by atoms with van der Waals surface area (Å²) >= 11 is 13.2. The Bertz CT molecular complexity index is 851. The van der Waals surface area contributed by atoms with Gasteiger partial charge in [0.2, 0.25) is 0 Å². The minimum Gasteiger partial charge on any atom is -0.487 e. The minimum atomic E-state index is -0.403. The molecule has 0 radical (unpaired) electrons. The van der Waals surface area contributed by atoms with Crippen LogP contribution in [0.25, 0.3) is 6.08 Å². The Morgan fingerprint density at radius 2 is 1.88 bits per heavy atom. The van der Waals surface area contributed by atoms with Gasteiger partial charge in [0.1, 0.15) is 12.4 Å². The van der Waals surface area contributed by atoms with E-state index in [0.717, 1.165) is 17.3 Å². The van der Waals surface area contributed by atoms with Gasteiger partial charge in [-0.3, -0.25) is 14.9 Å². The van der Waals surface area contributed by atoms with Crippen LogP contribution in [0.3, 0.4) is 0 Å². The van der Waals surface area contributed by atoms with Crippen molar-refractivity contribution in [3.63, 3.8) is 0 Å². The first-order valence-electron chi connectivity index (χ1n) is 6.93. The summed E-state index contributed by atoms with van der Waals surface area (Å²) in [5, 5.41) is 2.86. The third-order valence-corrected chi connectivity index (χ3v) is 4.71. The third kappa shape index (κ3) is 3.93. The lowest BCUT2D eigenvalue weighted by Gasteiger charge is -2.10. The molecular weight excluding hydrogens is 369 g/mol. The topological polar surface area (TPSA) is 55.4 Å². The molecule has 1 aliphatic heterocycles. The van der Waals surface area contributed by atoms with E-state index in [1.165, 1.54) is 0 Å². The Labute approximate surface area is 152 Å². The predicted octanol–water partition coefficient (Wildman–Crippen LogP) is 4.90. The van der Waals surface area contributed by atoms with Crippen molar-refractivity contribution in [1.29, 1.82) is 0 Å². The Balaban J connectivity index is 1.73. The van der Waals surface area contributed by atoms with E-state index in [2.05, 4.69) is 5.32 Å². The van der Waals surface area contributed by atoms with Crippen LogP contribution in [0, 0.1) is 0 Å². The zero-order valence-corrected chi connectivity index (χ0v) is 14.5. The van der Waals surface area contributed by atoms with Crippen LogP contribution in [-0.2, 0) is 11.4 Å². The molecule has 0 aliphatic carbocycles. The molecule has 0 spiro atoms. The monoisotopic (exact) mass is 379 g/mol. The van der Waals surface area contributed by atoms with Crippen LogP contribution in [0.15, 0.2) is 47.4 Å². The van der Waals surface area contributed by atoms with Gasteiger partial charge in [-0.1, -0.05) is 47.5 Å². The van der Waals surface area contributed by atoms with Gasteiger partial charge in [0.15, 0.2) is 0 Å². The Morgan fingerprint density at radius 1 is 1.08 bits per heavy atom. The van der Waals surface area contributed by atoms with E-state index in [0.29, 0.717) is 32.9 Å². The molecule has 0 unspecified atom stereocenters. The van der Waals surface area contributed by atoms with Gasteiger partial charge < -0.3 is 4.74 Å². The van der Waals surface area contributed by atoms with E-state index in [9.17, 15) is 9.59 Å². The Hall–Kier alpha value is -1.95. The standard InChI is InChI=1S/C17H11Cl2NO3S/c18-12-4-2-1-3-11(12)9-23-14-6-5-10(7-13(14)19)8-15-16(21)20-17(22)24-15/h1-8H,9H2,(H,20,21,22)/b15-8-. The number of amides is 2. The average molecular weight is 380 g/mol. The van der Waals surface area contributed by atoms with Gasteiger partial charge in [-0.2, -0.15) is 0 Å². The molecule has 2 aromatic rings. The van der Waals surface area contributed by atoms with Crippen molar-refractivity contribution >= 4 is 52.2 Å². The molecular formula is C17H11Cl2NO3S. The number of hydrogen-bond donors (Lipinski definition) is 1. The fourth-order valence-electron chi connectivity index (χ4n) is 2.07. The van der Waals surface area contributed by atoms with Crippen molar-refractivity contribution in [2.24, 2.45) is 0 Å². The second-order valence-electron chi connectivity index (χ2n) is 4.92. The summed E-state index contributed by atoms with van der Waals surface area (Å²) in [6.07, 6.45) is 1.61. The smallest absolute Gasteiger partial charge is 0.290 e. The summed E-state index contributed by atoms with van der Waals surface area (Å²) in [5.74, 6) is 0.110. The zero-order valence-electron chi connectivity index (χ0n) is 12.2. The second kappa shape index (κ2) is 7.30. The number of halogens is 2. The fourth-order valence-corrected chi connectivity index (χ4v) is 3.18. The van der Waals surface area contributed by atoms with Crippen molar-refractivity contribution in [1.82, 2.24) is 5.32 Å². The summed E-state index contributed by atoms with van der Waals surface area (Å²) in [6.45, 7) is 0.298. The molecule has 7 heteroatoms. The van der Waals surface area contributed by atoms with E-state index in [1.54, 1.807) is 30.3 Å². The van der Waals surface area contributed by atoms with Crippen molar-refractivity contribution in [3.05, 3.63) is 68.5 Å². The zero-order chi connectivity index (χ0) is 17.1. The van der Waals surface area contributed by atoms with Gasteiger partial charge in [0.05, 0.1) is 9.93 Å². The number of thioether (sulfide) groups is 1. The average Bonchev–Trinajstić information content (AvgIpc) is 2.85. The molecule has 1 fully saturated rings. The van der Waals surface area contributed by atoms with Crippen LogP contribution >= 0.6 is 35.0 Å². The van der Waals surface area contributed by atoms with E-state index >= 15 is 0 Å². The quantitative estimate of drug-likeness (QED) is 0.767. The summed E-state index contributed by atoms with van der Waals surface area (Å²) in [4.78, 5) is 23.0. The molecule has 1 N–H and O–H groups in total. The van der Waals surface area contributed by atoms with E-state index in [4.69, 9.17) is 27.9 Å². The highest BCUT2D eigenvalue weighted by Crippen LogP contribution is 2.30. The van der Waals surface area contributed by atoms with Crippen LogP contribution in [0.2, 0.25) is 10.0 Å². The lowest BCUT2D eigenvalue weighted by atomic mass is 10.2. The number of hydrogen-bond acceptors (Lipinski definition) is 4. The van der Waals surface area contributed by atoms with Crippen LogP contribution in [0.5, 0.6) is 5.75 Å². The number of rotatable bonds is 4. The number of ether oxygens (including phenoxy) is 1. The number of nitrogens with one attached hydrogen (secondary N) is 1. The van der Waals surface area contributed by atoms with Gasteiger partial charge in [-0.05, 0) is 41.6 Å². The second-order valence-corrected chi connectivity index (χ2v) is 6.75. The number of imide groups is 1. The van der Waals surface area contributed by atoms with Crippen LogP contribution in [-0.4, -0.2) is 11.1 Å². The molecule has 1 heterocycles. The van der Waals surface area contributed by atoms with Gasteiger partial charge in [-0.25, -0.2) is 0 Å². The molecule has 0 atom stereocenters. The van der Waals surface area contributed by atoms with Gasteiger partial charge in [-0.15, -0.1) is 0 Å². The summed E-state index contributed by atoms with van der Waals surface area (Å²) in [7, 11) is 0. The van der Waals surface area contributed by atoms with Crippen molar-refractivity contribution in [3.8, 4) is 5.75 Å². The van der Waals surface area contributed by atoms with Crippen molar-refractivity contribution in [2.45, 2.75) is 6.61 Å². The van der Waals surface area contributed by atoms with Crippen LogP contribution < -0.4 is 10.1 Å². The maximum Gasteiger partial charge on any atom is 0.290 e. The van der Waals surface area contributed by atoms with Crippen molar-refractivity contribution in [2.75, 3.05) is 0 Å². The molecule has 1 saturated heterocycles. The maximum absolute atomic E-state index is 11.5. The third-order valence-electron chi connectivity index (χ3n) is 3.24. The molecule has 0 aromatic heterocycles. The number of carbonyl (C=O) groups excluding carboxylic acids is 2. The Kier molecular flexibility index (Phi) is 5.14. The van der Waals surface area contributed by atoms with E-state index < -0.39 is 5.91 Å². The normalized spacial score (nSPS) is 15.7. The van der Waals surface area contributed by atoms with E-state index in [-0.39, 0.29) is 5.24 Å². The summed E-state index contributed by atoms with van der Waals surface area (Å²) in [5.41, 5.74) is 1.57. The van der Waals surface area contributed by atoms with Crippen LogP contribution in [0.4, 0.5) is 4.79 Å². The molecule has 0 saturated carbocycles. The highest BCUT2D eigenvalue weighted by atomic mass is 35.5. The molecule has 24 heavy (non-hydrogen) atoms. The van der Waals surface area contributed by atoms with Crippen molar-refractivity contribution < 1.29 is 14.3 Å². The first-order chi connectivity index (χ1) is 11.5. The number of carbonyl (C=O) groups is 2. The fraction of sp³-hybridized carbons (Fsp3) is 0.0588. The van der Waals surface area contributed by atoms with Gasteiger partial charge in [0.25, 0.3) is 11.1 Å². The molecule has 2 amide bonds. The molecule has 1 aliphatic rings. The van der Waals surface area contributed by atoms with Crippen LogP contribution in [0.1, 0.15) is 11.1 Å². The largest absolute Gasteiger partial charge is 0.487 e. The lowest BCUT2D eigenvalue weighted by Crippen LogP contribution is -2.17. The molecule has 2 aromatic carbocycles. The lowest BCUT2D eigenvalue weighted by molar-refractivity contribution is -0.115. The number of benzene rings is 2. The predicted molar refractivity (Wildman–Crippen MR) is 96.3 cm³/mol. The first-order valence-corrected chi connectivity index (χ1v) is 8.51. The maximum atomic E-state index is 11.5. The highest BCUT2D eigenvalue weighted by Gasteiger charge is 2.24. The Morgan fingerprint density at radius 3 is 2.54 bits per heavy atom. The summed E-state index contributed by atoms with van der Waals surface area (Å²) < 4.78 is 5.69. The SMILES string of the molecule is O=C1NC(=O)/C(=C/c2ccc(OCc3ccccc3Cl)c(Cl)c2)S1. The molecule has 3 rings (SSSR count). The van der Waals surface area contributed by atoms with E-state index in [1.807, 2.05) is 18.2 Å². The molecule has 4 nitrogen and oxygen atoms in total. The summed E-state index contributed by atoms with van der Waals surface area (Å²) in [6, 6.07) is 12.6. The molecule has 122 valence electrons. The highest BCUT2D eigenvalue weighted by molar-refractivity contribution is 8.18. The molecule has 0 bridgehead atoms. The first kappa shape index (κ1) is 16.9. The van der Waals surface area contributed by atoms with Gasteiger partial charge >= 0.3 is 0 Å². The minimum absolute atomic E-state index is 0.298. The van der Waals surface area contributed by atoms with Gasteiger partial charge in [0, 0.05) is 10.6 Å².